The van der Waals surface area contributed by atoms with Crippen LogP contribution in [-0.4, -0.2) is 44.9 Å². The number of pyridine rings is 1. The normalized spacial score (nSPS) is 21.3. The van der Waals surface area contributed by atoms with Crippen LogP contribution in [0.1, 0.15) is 45.0 Å². The Morgan fingerprint density at radius 1 is 1.38 bits per heavy atom. The van der Waals surface area contributed by atoms with E-state index in [-0.39, 0.29) is 32.4 Å². The van der Waals surface area contributed by atoms with Gasteiger partial charge in [-0.05, 0) is 30.9 Å². The van der Waals surface area contributed by atoms with Crippen molar-refractivity contribution in [3.63, 3.8) is 0 Å². The van der Waals surface area contributed by atoms with Gasteiger partial charge in [-0.25, -0.2) is 14.9 Å². The number of aromatic amines is 1. The Morgan fingerprint density at radius 2 is 2.19 bits per heavy atom. The second-order valence-electron chi connectivity index (χ2n) is 7.98. The molecule has 0 aromatic carbocycles. The maximum absolute atomic E-state index is 12.9. The number of amides is 2. The number of H-pyrrole nitrogens is 1. The molecular formula is C21H22F3N5O3. The number of aromatic nitrogens is 3. The molecule has 32 heavy (non-hydrogen) atoms. The number of fused-ring (bicyclic) bond motifs is 4. The molecule has 2 aliphatic heterocycles. The van der Waals surface area contributed by atoms with Crippen LogP contribution in [0, 0.1) is 0 Å². The molecule has 1 fully saturated rings. The Bertz CT molecular complexity index is 1210. The summed E-state index contributed by atoms with van der Waals surface area (Å²) >= 11 is 0. The summed E-state index contributed by atoms with van der Waals surface area (Å²) in [6.45, 7) is -1.40. The molecule has 0 unspecified atom stereocenters. The van der Waals surface area contributed by atoms with E-state index in [1.807, 2.05) is 0 Å². The van der Waals surface area contributed by atoms with Gasteiger partial charge >= 0.3 is 12.2 Å². The van der Waals surface area contributed by atoms with Crippen molar-refractivity contribution in [2.24, 2.45) is 0 Å². The van der Waals surface area contributed by atoms with Gasteiger partial charge in [0.25, 0.3) is 5.56 Å². The third-order valence-electron chi connectivity index (χ3n) is 5.81. The first kappa shape index (κ1) is 20.3. The van der Waals surface area contributed by atoms with Gasteiger partial charge in [-0.15, -0.1) is 0 Å². The van der Waals surface area contributed by atoms with E-state index in [1.165, 1.54) is 12.3 Å². The molecule has 0 spiro atoms. The van der Waals surface area contributed by atoms with Gasteiger partial charge in [0.05, 0.1) is 17.4 Å². The molecule has 170 valence electrons. The highest BCUT2D eigenvalue weighted by atomic mass is 19.4. The Balaban J connectivity index is 0.00000162. The molecule has 2 aromatic heterocycles. The highest BCUT2D eigenvalue weighted by Gasteiger charge is 2.44. The van der Waals surface area contributed by atoms with Crippen LogP contribution in [0.25, 0.3) is 5.57 Å². The van der Waals surface area contributed by atoms with Crippen LogP contribution < -0.4 is 15.6 Å². The fourth-order valence-corrected chi connectivity index (χ4v) is 4.40. The fourth-order valence-electron chi connectivity index (χ4n) is 4.40. The van der Waals surface area contributed by atoms with E-state index >= 15 is 0 Å². The van der Waals surface area contributed by atoms with E-state index in [4.69, 9.17) is 0 Å². The van der Waals surface area contributed by atoms with Crippen molar-refractivity contribution in [1.82, 2.24) is 25.4 Å². The molecule has 11 heteroatoms. The average molecular weight is 449 g/mol. The van der Waals surface area contributed by atoms with E-state index in [0.717, 1.165) is 29.7 Å². The minimum atomic E-state index is -4.42. The van der Waals surface area contributed by atoms with Crippen molar-refractivity contribution in [1.29, 1.82) is 0 Å². The van der Waals surface area contributed by atoms with Crippen LogP contribution in [0.4, 0.5) is 18.0 Å². The van der Waals surface area contributed by atoms with Crippen molar-refractivity contribution >= 4 is 11.6 Å². The number of hydrogen-bond donors (Lipinski definition) is 2. The first-order valence-electron chi connectivity index (χ1n) is 10.1. The smallest absolute Gasteiger partial charge is 0.422 e. The molecule has 1 aliphatic carbocycles. The van der Waals surface area contributed by atoms with Gasteiger partial charge in [-0.3, -0.25) is 4.79 Å². The number of hydrogen-bond acceptors (Lipinski definition) is 5. The number of nitrogens with one attached hydrogen (secondary N) is 2. The van der Waals surface area contributed by atoms with E-state index in [0.29, 0.717) is 24.1 Å². The zero-order valence-corrected chi connectivity index (χ0v) is 16.7. The molecule has 8 nitrogen and oxygen atoms in total. The van der Waals surface area contributed by atoms with Gasteiger partial charge < -0.3 is 15.0 Å². The number of rotatable bonds is 4. The average Bonchev–Trinajstić information content (AvgIpc) is 3.03. The summed E-state index contributed by atoms with van der Waals surface area (Å²) in [6, 6.07) is 4.15. The minimum Gasteiger partial charge on any atom is -0.468 e. The van der Waals surface area contributed by atoms with Crippen LogP contribution in [0.15, 0.2) is 40.6 Å². The SMILES string of the molecule is O=C(NC1=C=C(c2ccc(OCC(F)(F)F)nc2)C1)N1[C@H]2CC[C@@H]1c1n[nH]c(=O)cc1C2.[HH].[HH]. The number of carbonyl (C=O) groups is 1. The van der Waals surface area contributed by atoms with Crippen LogP contribution >= 0.6 is 0 Å². The molecule has 2 N–H and O–H groups in total. The number of ether oxygens (including phenoxy) is 1. The zero-order valence-electron chi connectivity index (χ0n) is 16.7. The van der Waals surface area contributed by atoms with Gasteiger partial charge in [0.1, 0.15) is 0 Å². The van der Waals surface area contributed by atoms with Gasteiger partial charge in [-0.2, -0.15) is 18.3 Å². The maximum atomic E-state index is 12.9. The lowest BCUT2D eigenvalue weighted by Gasteiger charge is -2.35. The van der Waals surface area contributed by atoms with Crippen LogP contribution in [0.3, 0.4) is 0 Å². The number of carbonyl (C=O) groups excluding carboxylic acids is 1. The standard InChI is InChI=1S/C21H18F3N5O3.2H2/c22-21(23,24)10-32-18-4-1-11(9-25-18)12-5-14(6-12)26-20(31)29-15-2-3-16(29)19-13(7-15)8-17(30)27-28-19;;/h1,4,8-9,15-16H,2-3,5,7,10H2,(H,26,31)(H,27,30);2*1H/t15-,16+;;/m0../s1. The van der Waals surface area contributed by atoms with Crippen molar-refractivity contribution in [3.8, 4) is 5.88 Å². The Hall–Kier alpha value is -3.59. The van der Waals surface area contributed by atoms with E-state index in [9.17, 15) is 22.8 Å². The van der Waals surface area contributed by atoms with Gasteiger partial charge in [0.15, 0.2) is 6.61 Å². The summed E-state index contributed by atoms with van der Waals surface area (Å²) in [5.74, 6) is -0.112. The predicted molar refractivity (Wildman–Crippen MR) is 110 cm³/mol. The topological polar surface area (TPSA) is 100 Å². The molecule has 4 heterocycles. The zero-order chi connectivity index (χ0) is 22.5. The largest absolute Gasteiger partial charge is 0.468 e. The first-order valence-corrected chi connectivity index (χ1v) is 10.1. The molecule has 3 aliphatic rings. The molecule has 2 amide bonds. The predicted octanol–water partition coefficient (Wildman–Crippen LogP) is 3.34. The van der Waals surface area contributed by atoms with Crippen molar-refractivity contribution < 1.29 is 25.6 Å². The van der Waals surface area contributed by atoms with Gasteiger partial charge in [0.2, 0.25) is 5.88 Å². The quantitative estimate of drug-likeness (QED) is 0.698. The summed E-state index contributed by atoms with van der Waals surface area (Å²) in [7, 11) is 0. The summed E-state index contributed by atoms with van der Waals surface area (Å²) < 4.78 is 41.2. The number of nitrogens with zero attached hydrogens (tertiary/aromatic N) is 3. The van der Waals surface area contributed by atoms with Crippen LogP contribution in [0.2, 0.25) is 0 Å². The van der Waals surface area contributed by atoms with Crippen molar-refractivity contribution in [2.75, 3.05) is 6.61 Å². The molecule has 5 rings (SSSR count). The summed E-state index contributed by atoms with van der Waals surface area (Å²) in [6.07, 6.45) is -0.307. The summed E-state index contributed by atoms with van der Waals surface area (Å²) in [5.41, 5.74) is 6.58. The molecule has 1 saturated heterocycles. The highest BCUT2D eigenvalue weighted by Crippen LogP contribution is 2.42. The molecule has 0 saturated carbocycles. The Kier molecular flexibility index (Phi) is 4.78. The molecule has 2 aromatic rings. The Morgan fingerprint density at radius 3 is 2.91 bits per heavy atom. The van der Waals surface area contributed by atoms with E-state index in [2.05, 4.69) is 31.0 Å². The number of urea groups is 1. The van der Waals surface area contributed by atoms with Crippen molar-refractivity contribution in [3.05, 3.63) is 63.0 Å². The van der Waals surface area contributed by atoms with Crippen molar-refractivity contribution in [2.45, 2.75) is 43.9 Å². The van der Waals surface area contributed by atoms with Crippen LogP contribution in [-0.2, 0) is 6.42 Å². The number of alkyl halides is 3. The third-order valence-corrected chi connectivity index (χ3v) is 5.81. The lowest BCUT2D eigenvalue weighted by atomic mass is 9.96. The van der Waals surface area contributed by atoms with Gasteiger partial charge in [0, 0.05) is 44.8 Å². The molecule has 2 bridgehead atoms. The highest BCUT2D eigenvalue weighted by molar-refractivity contribution is 5.81. The fraction of sp³-hybridized carbons (Fsp3) is 0.381. The minimum absolute atomic E-state index is 0. The molecule has 0 radical (unpaired) electrons. The van der Waals surface area contributed by atoms with Crippen LogP contribution in [0.5, 0.6) is 5.88 Å². The lowest BCUT2D eigenvalue weighted by Crippen LogP contribution is -2.47. The second-order valence-corrected chi connectivity index (χ2v) is 7.98. The third kappa shape index (κ3) is 3.87. The Labute approximate surface area is 182 Å². The second kappa shape index (κ2) is 7.52. The molecule has 2 atom stereocenters. The molecular weight excluding hydrogens is 427 g/mol. The maximum Gasteiger partial charge on any atom is 0.422 e. The summed E-state index contributed by atoms with van der Waals surface area (Å²) in [5, 5.41) is 9.50. The lowest BCUT2D eigenvalue weighted by molar-refractivity contribution is -0.154. The van der Waals surface area contributed by atoms with E-state index in [1.54, 1.807) is 17.0 Å². The van der Waals surface area contributed by atoms with Gasteiger partial charge in [-0.1, -0.05) is 5.73 Å². The monoisotopic (exact) mass is 449 g/mol. The first-order chi connectivity index (χ1) is 15.3. The number of halogens is 3. The van der Waals surface area contributed by atoms with E-state index < -0.39 is 12.8 Å². The summed E-state index contributed by atoms with van der Waals surface area (Å²) in [4.78, 5) is 30.1.